The van der Waals surface area contributed by atoms with Gasteiger partial charge in [-0.3, -0.25) is 20.0 Å². The molecular formula is C53H63N4O7S2+. The molecule has 1 fully saturated rings. The Hall–Kier alpha value is -4.02. The standard InChI is InChI=1S/C53H62N4O7S2/c1-3-4-5-8-35(49(62)36-10-9-30(2)21-45(36)60)44(59)15-13-34-40-29-66-65-28-32-25-56-51(54)37-12-11-33-38(48(32)37)22-31-24-55-42-27-57(26-39(31)42)52-41(14-16-43(33)58)53(17-6-7-18-53)19-20-63-47(23-46(34)61)50(40)64-52/h9-12,23-24,26,30,32,35-36,41,43,45,49,51-52,56,58,60-62H,3-8,13,15,17-18,21-22,25,27-29,54H2,1-2H3/p+1. The first-order chi connectivity index (χ1) is 32.0. The zero-order valence-electron chi connectivity index (χ0n) is 38.0. The number of rotatable bonds is 10. The number of carbonyl (C=O) groups excluding carboxylic acids is 1. The first kappa shape index (κ1) is 45.7. The van der Waals surface area contributed by atoms with Gasteiger partial charge in [0.15, 0.2) is 11.5 Å². The minimum atomic E-state index is -1.07. The number of aromatic hydroxyl groups is 1. The Morgan fingerprint density at radius 1 is 1.12 bits per heavy atom. The summed E-state index contributed by atoms with van der Waals surface area (Å²) in [5.74, 6) is 11.1. The van der Waals surface area contributed by atoms with Crippen LogP contribution in [0.3, 0.4) is 0 Å². The minimum Gasteiger partial charge on any atom is -0.508 e. The summed E-state index contributed by atoms with van der Waals surface area (Å²) >= 11 is 0. The molecule has 0 amide bonds. The van der Waals surface area contributed by atoms with Crippen molar-refractivity contribution in [2.24, 2.45) is 39.8 Å². The fourth-order valence-electron chi connectivity index (χ4n) is 12.0. The van der Waals surface area contributed by atoms with Crippen molar-refractivity contribution in [2.45, 2.75) is 133 Å². The lowest BCUT2D eigenvalue weighted by atomic mass is 9.73. The number of aliphatic hydroxyl groups is 3. The van der Waals surface area contributed by atoms with Crippen molar-refractivity contribution in [1.82, 2.24) is 5.32 Å². The first-order valence-electron chi connectivity index (χ1n) is 24.3. The van der Waals surface area contributed by atoms with Crippen molar-refractivity contribution in [3.63, 3.8) is 0 Å². The number of quaternary nitrogens is 1. The molecule has 348 valence electrons. The lowest BCUT2D eigenvalue weighted by Crippen LogP contribution is -3.13. The van der Waals surface area contributed by atoms with Crippen LogP contribution >= 0.6 is 21.6 Å². The summed E-state index contributed by atoms with van der Waals surface area (Å²) in [6, 6.07) is 5.65. The Balaban J connectivity index is 1.10. The van der Waals surface area contributed by atoms with E-state index in [0.29, 0.717) is 55.2 Å². The Morgan fingerprint density at radius 2 is 1.95 bits per heavy atom. The molecule has 11 nitrogen and oxygen atoms in total. The summed E-state index contributed by atoms with van der Waals surface area (Å²) in [6.07, 6.45) is 15.6. The highest BCUT2D eigenvalue weighted by molar-refractivity contribution is 8.76. The van der Waals surface area contributed by atoms with Crippen LogP contribution in [-0.2, 0) is 23.4 Å². The predicted molar refractivity (Wildman–Crippen MR) is 258 cm³/mol. The third-order valence-corrected chi connectivity index (χ3v) is 18.0. The highest BCUT2D eigenvalue weighted by Crippen LogP contribution is 2.50. The second-order valence-electron chi connectivity index (χ2n) is 19.9. The number of nitrogens with one attached hydrogen (secondary N) is 2. The fourth-order valence-corrected chi connectivity index (χ4v) is 14.5. The van der Waals surface area contributed by atoms with Gasteiger partial charge in [-0.05, 0) is 65.8 Å². The number of aliphatic imine (C=N–C) groups is 1. The summed E-state index contributed by atoms with van der Waals surface area (Å²) in [4.78, 5) is 20.6. The van der Waals surface area contributed by atoms with Gasteiger partial charge in [0.1, 0.15) is 48.1 Å². The summed E-state index contributed by atoms with van der Waals surface area (Å²) < 4.78 is 13.9. The Labute approximate surface area is 396 Å². The van der Waals surface area contributed by atoms with Gasteiger partial charge in [0.25, 0.3) is 6.23 Å². The number of fused-ring (bicyclic) bond motifs is 4. The van der Waals surface area contributed by atoms with Gasteiger partial charge in [0, 0.05) is 72.0 Å². The molecule has 2 aromatic rings. The van der Waals surface area contributed by atoms with E-state index in [-0.39, 0.29) is 42.4 Å². The van der Waals surface area contributed by atoms with Gasteiger partial charge in [-0.15, -0.1) is 0 Å². The largest absolute Gasteiger partial charge is 0.508 e. The molecule has 13 heteroatoms. The molecule has 8 bridgehead atoms. The summed E-state index contributed by atoms with van der Waals surface area (Å²) in [7, 11) is 3.40. The van der Waals surface area contributed by atoms with Crippen LogP contribution < -0.4 is 25.4 Å². The van der Waals surface area contributed by atoms with E-state index in [9.17, 15) is 25.2 Å². The number of hydrogen-bond acceptors (Lipinski definition) is 12. The van der Waals surface area contributed by atoms with Crippen LogP contribution in [0.25, 0.3) is 0 Å². The van der Waals surface area contributed by atoms with Crippen LogP contribution in [0.1, 0.15) is 130 Å². The van der Waals surface area contributed by atoms with Crippen molar-refractivity contribution < 1.29 is 39.6 Å². The lowest BCUT2D eigenvalue weighted by Gasteiger charge is -2.37. The molecule has 7 aliphatic heterocycles. The molecule has 0 radical (unpaired) electrons. The molecule has 1 saturated carbocycles. The van der Waals surface area contributed by atoms with Gasteiger partial charge < -0.3 is 35.6 Å². The molecule has 7 heterocycles. The van der Waals surface area contributed by atoms with Crippen LogP contribution in [-0.4, -0.2) is 69.2 Å². The van der Waals surface area contributed by atoms with Gasteiger partial charge in [0.2, 0.25) is 0 Å². The SMILES string of the molecule is CCCCCC(C(=O)CCc1c(O)cc2c3c1CSSCC1CNC(N)c4ccc5c(c41)CC1=CN=C4C[NH+](C=C14)C(O3)C(C#CC5O)C1(C#CO2)CCCC1)C(O)C1C=CC(C)CC1O. The number of carbonyl (C=O) groups is 1. The lowest BCUT2D eigenvalue weighted by molar-refractivity contribution is -0.888. The zero-order chi connectivity index (χ0) is 45.7. The third kappa shape index (κ3) is 8.58. The molecule has 8 N–H and O–H groups in total. The second-order valence-corrected chi connectivity index (χ2v) is 22.4. The van der Waals surface area contributed by atoms with Crippen molar-refractivity contribution in [1.29, 1.82) is 0 Å². The average Bonchev–Trinajstić information content (AvgIpc) is 4.05. The van der Waals surface area contributed by atoms with Crippen LogP contribution in [0.4, 0.5) is 0 Å². The Kier molecular flexibility index (Phi) is 13.3. The number of ketones is 1. The van der Waals surface area contributed by atoms with Gasteiger partial charge in [0.05, 0.1) is 29.4 Å². The zero-order valence-corrected chi connectivity index (χ0v) is 39.6. The van der Waals surface area contributed by atoms with Crippen LogP contribution in [0, 0.1) is 53.0 Å². The van der Waals surface area contributed by atoms with E-state index >= 15 is 0 Å². The maximum atomic E-state index is 14.5. The van der Waals surface area contributed by atoms with Gasteiger partial charge in [-0.1, -0.05) is 110 Å². The number of phenolic OH excluding ortho intramolecular Hbond substituents is 1. The number of nitrogens with zero attached hydrogens (tertiary/aromatic N) is 1. The van der Waals surface area contributed by atoms with Crippen LogP contribution in [0.15, 0.2) is 58.9 Å². The fraction of sp³-hybridized carbons (Fsp3) is 0.547. The Morgan fingerprint density at radius 3 is 2.77 bits per heavy atom. The number of Topliss-reactive ketones (excluding diaryl/α,β-unsaturated/α-hetero) is 1. The predicted octanol–water partition coefficient (Wildman–Crippen LogP) is 6.21. The minimum absolute atomic E-state index is 0.00391. The van der Waals surface area contributed by atoms with Gasteiger partial charge >= 0.3 is 0 Å². The quantitative estimate of drug-likeness (QED) is 0.0626. The molecule has 9 aliphatic rings. The molecular weight excluding hydrogens is 869 g/mol. The highest BCUT2D eigenvalue weighted by atomic mass is 33.1. The number of phenols is 1. The first-order valence-corrected chi connectivity index (χ1v) is 26.7. The summed E-state index contributed by atoms with van der Waals surface area (Å²) in [5.41, 5.74) is 14.7. The molecule has 1 spiro atoms. The molecule has 11 unspecified atom stereocenters. The molecule has 11 rings (SSSR count). The van der Waals surface area contributed by atoms with Gasteiger partial charge in [-0.2, -0.15) is 0 Å². The third-order valence-electron chi connectivity index (χ3n) is 15.7. The smallest absolute Gasteiger partial charge is 0.252 e. The monoisotopic (exact) mass is 931 g/mol. The average molecular weight is 932 g/mol. The topological polar surface area (TPSA) is 171 Å². The number of unbranched alkanes of at least 4 members (excludes halogenated alkanes) is 2. The van der Waals surface area contributed by atoms with E-state index in [1.165, 1.54) is 0 Å². The van der Waals surface area contributed by atoms with Gasteiger partial charge in [-0.25, -0.2) is 0 Å². The van der Waals surface area contributed by atoms with Crippen LogP contribution in [0.2, 0.25) is 0 Å². The van der Waals surface area contributed by atoms with E-state index in [0.717, 1.165) is 100 Å². The molecule has 0 aromatic heterocycles. The number of nitrogens with two attached hydrogens (primary N) is 1. The van der Waals surface area contributed by atoms with Crippen LogP contribution in [0.5, 0.6) is 17.2 Å². The number of aliphatic hydroxyl groups excluding tert-OH is 3. The summed E-state index contributed by atoms with van der Waals surface area (Å²) in [6.45, 7) is 5.40. The maximum absolute atomic E-state index is 14.5. The maximum Gasteiger partial charge on any atom is 0.252 e. The van der Waals surface area contributed by atoms with Crippen molar-refractivity contribution in [3.05, 3.63) is 87.3 Å². The van der Waals surface area contributed by atoms with E-state index in [1.807, 2.05) is 31.3 Å². The molecule has 0 saturated heterocycles. The molecule has 66 heavy (non-hydrogen) atoms. The number of benzene rings is 2. The van der Waals surface area contributed by atoms with Crippen molar-refractivity contribution in [2.75, 3.05) is 18.8 Å². The molecule has 11 atom stereocenters. The second kappa shape index (κ2) is 19.2. The summed E-state index contributed by atoms with van der Waals surface area (Å²) in [5, 5.41) is 50.8. The van der Waals surface area contributed by atoms with E-state index < -0.39 is 47.7 Å². The number of hydrogen-bond donors (Lipinski definition) is 7. The normalized spacial score (nSPS) is 30.9. The number of ether oxygens (including phenoxy) is 2. The van der Waals surface area contributed by atoms with Crippen molar-refractivity contribution in [3.8, 4) is 41.1 Å². The molecule has 2 aromatic carbocycles. The van der Waals surface area contributed by atoms with E-state index in [1.54, 1.807) is 27.7 Å². The number of allylic oxidation sites excluding steroid dienone is 2. The molecule has 2 aliphatic carbocycles. The Bertz CT molecular complexity index is 2510. The highest BCUT2D eigenvalue weighted by Gasteiger charge is 2.52. The van der Waals surface area contributed by atoms with Crippen molar-refractivity contribution >= 4 is 33.1 Å². The van der Waals surface area contributed by atoms with E-state index in [2.05, 4.69) is 48.4 Å². The van der Waals surface area contributed by atoms with E-state index in [4.69, 9.17) is 20.2 Å².